The van der Waals surface area contributed by atoms with E-state index in [2.05, 4.69) is 24.1 Å². The van der Waals surface area contributed by atoms with Crippen LogP contribution in [0.1, 0.15) is 13.8 Å². The van der Waals surface area contributed by atoms with E-state index in [4.69, 9.17) is 0 Å². The quantitative estimate of drug-likeness (QED) is 0.656. The minimum absolute atomic E-state index is 0.220. The number of β-amino-alcohol motifs (C(OH)–C–C–N with tert-alkyl or cyclic N) is 1. The molecule has 13 heavy (non-hydrogen) atoms. The molecule has 0 amide bonds. The number of aliphatic hydroxyl groups is 1. The van der Waals surface area contributed by atoms with E-state index in [0.29, 0.717) is 6.54 Å². The molecule has 3 heteroatoms. The van der Waals surface area contributed by atoms with Gasteiger partial charge in [-0.05, 0) is 18.9 Å². The van der Waals surface area contributed by atoms with Gasteiger partial charge in [0.2, 0.25) is 0 Å². The van der Waals surface area contributed by atoms with Crippen molar-refractivity contribution in [2.24, 2.45) is 11.8 Å². The van der Waals surface area contributed by atoms with Gasteiger partial charge in [0.05, 0.1) is 6.10 Å². The van der Waals surface area contributed by atoms with E-state index in [1.165, 1.54) is 0 Å². The van der Waals surface area contributed by atoms with Crippen LogP contribution in [0, 0.1) is 11.8 Å². The highest BCUT2D eigenvalue weighted by atomic mass is 16.3. The standard InChI is InChI=1S/C10H22N2O/c1-8-5-12(6-9(8)2)7-10(13)4-11-3/h8-11,13H,4-7H2,1-3H3. The number of nitrogens with zero attached hydrogens (tertiary/aromatic N) is 1. The number of likely N-dealkylation sites (N-methyl/N-ethyl adjacent to an activating group) is 1. The molecule has 0 saturated carbocycles. The van der Waals surface area contributed by atoms with Crippen LogP contribution in [-0.2, 0) is 0 Å². The summed E-state index contributed by atoms with van der Waals surface area (Å²) in [6.07, 6.45) is -0.220. The predicted octanol–water partition coefficient (Wildman–Crippen LogP) is 0.154. The van der Waals surface area contributed by atoms with Crippen molar-refractivity contribution >= 4 is 0 Å². The van der Waals surface area contributed by atoms with Crippen LogP contribution in [0.4, 0.5) is 0 Å². The Hall–Kier alpha value is -0.120. The van der Waals surface area contributed by atoms with E-state index in [0.717, 1.165) is 31.5 Å². The summed E-state index contributed by atoms with van der Waals surface area (Å²) in [5, 5.41) is 12.6. The summed E-state index contributed by atoms with van der Waals surface area (Å²) in [7, 11) is 1.87. The molecule has 1 aliphatic heterocycles. The van der Waals surface area contributed by atoms with E-state index in [-0.39, 0.29) is 6.10 Å². The topological polar surface area (TPSA) is 35.5 Å². The van der Waals surface area contributed by atoms with Gasteiger partial charge in [0.1, 0.15) is 0 Å². The molecule has 0 radical (unpaired) electrons. The summed E-state index contributed by atoms with van der Waals surface area (Å²) < 4.78 is 0. The average Bonchev–Trinajstić information content (AvgIpc) is 2.31. The van der Waals surface area contributed by atoms with Gasteiger partial charge in [0.25, 0.3) is 0 Å². The second-order valence-corrected chi connectivity index (χ2v) is 4.38. The summed E-state index contributed by atoms with van der Waals surface area (Å²) in [5.41, 5.74) is 0. The smallest absolute Gasteiger partial charge is 0.0791 e. The summed E-state index contributed by atoms with van der Waals surface area (Å²) in [5.74, 6) is 1.56. The summed E-state index contributed by atoms with van der Waals surface area (Å²) in [6.45, 7) is 8.36. The molecule has 3 atom stereocenters. The first-order valence-electron chi connectivity index (χ1n) is 5.18. The SMILES string of the molecule is CNCC(O)CN1CC(C)C(C)C1. The van der Waals surface area contributed by atoms with E-state index in [1.54, 1.807) is 0 Å². The lowest BCUT2D eigenvalue weighted by Crippen LogP contribution is -2.36. The Balaban J connectivity index is 2.23. The fraction of sp³-hybridized carbons (Fsp3) is 1.00. The highest BCUT2D eigenvalue weighted by Crippen LogP contribution is 2.21. The minimum atomic E-state index is -0.220. The molecular formula is C10H22N2O. The number of hydrogen-bond donors (Lipinski definition) is 2. The Kier molecular flexibility index (Phi) is 4.16. The molecule has 0 aromatic rings. The Labute approximate surface area is 81.1 Å². The molecule has 0 spiro atoms. The predicted molar refractivity (Wildman–Crippen MR) is 54.7 cm³/mol. The van der Waals surface area contributed by atoms with Gasteiger partial charge >= 0.3 is 0 Å². The first-order chi connectivity index (χ1) is 6.13. The van der Waals surface area contributed by atoms with Crippen molar-refractivity contribution in [1.82, 2.24) is 10.2 Å². The van der Waals surface area contributed by atoms with Crippen molar-refractivity contribution in [2.45, 2.75) is 20.0 Å². The zero-order valence-corrected chi connectivity index (χ0v) is 8.95. The van der Waals surface area contributed by atoms with Gasteiger partial charge in [-0.25, -0.2) is 0 Å². The molecule has 78 valence electrons. The number of nitrogens with one attached hydrogen (secondary N) is 1. The number of aliphatic hydroxyl groups excluding tert-OH is 1. The molecule has 1 aliphatic rings. The third kappa shape index (κ3) is 3.25. The second kappa shape index (κ2) is 4.94. The zero-order valence-electron chi connectivity index (χ0n) is 8.95. The zero-order chi connectivity index (χ0) is 9.84. The summed E-state index contributed by atoms with van der Waals surface area (Å²) in [6, 6.07) is 0. The van der Waals surface area contributed by atoms with Crippen LogP contribution in [-0.4, -0.2) is 49.3 Å². The number of likely N-dealkylation sites (tertiary alicyclic amines) is 1. The van der Waals surface area contributed by atoms with Crippen LogP contribution in [0.25, 0.3) is 0 Å². The second-order valence-electron chi connectivity index (χ2n) is 4.38. The maximum absolute atomic E-state index is 9.58. The van der Waals surface area contributed by atoms with E-state index >= 15 is 0 Å². The molecule has 1 fully saturated rings. The molecule has 3 unspecified atom stereocenters. The van der Waals surface area contributed by atoms with Crippen molar-refractivity contribution in [3.8, 4) is 0 Å². The fourth-order valence-corrected chi connectivity index (χ4v) is 2.00. The monoisotopic (exact) mass is 186 g/mol. The van der Waals surface area contributed by atoms with Crippen molar-refractivity contribution in [3.63, 3.8) is 0 Å². The Bertz CT molecular complexity index is 142. The largest absolute Gasteiger partial charge is 0.390 e. The van der Waals surface area contributed by atoms with E-state index < -0.39 is 0 Å². The molecule has 0 aromatic carbocycles. The van der Waals surface area contributed by atoms with Gasteiger partial charge in [-0.2, -0.15) is 0 Å². The van der Waals surface area contributed by atoms with E-state index in [9.17, 15) is 5.11 Å². The molecule has 0 aliphatic carbocycles. The lowest BCUT2D eigenvalue weighted by molar-refractivity contribution is 0.123. The molecule has 1 heterocycles. The van der Waals surface area contributed by atoms with Gasteiger partial charge < -0.3 is 15.3 Å². The third-order valence-electron chi connectivity index (χ3n) is 2.97. The van der Waals surface area contributed by atoms with Crippen molar-refractivity contribution in [3.05, 3.63) is 0 Å². The Morgan fingerprint density at radius 3 is 2.38 bits per heavy atom. The maximum Gasteiger partial charge on any atom is 0.0791 e. The highest BCUT2D eigenvalue weighted by molar-refractivity contribution is 4.80. The molecule has 0 bridgehead atoms. The Morgan fingerprint density at radius 1 is 1.38 bits per heavy atom. The number of hydrogen-bond acceptors (Lipinski definition) is 3. The van der Waals surface area contributed by atoms with Crippen LogP contribution in [0.2, 0.25) is 0 Å². The Morgan fingerprint density at radius 2 is 1.92 bits per heavy atom. The van der Waals surface area contributed by atoms with Gasteiger partial charge in [-0.3, -0.25) is 0 Å². The first kappa shape index (κ1) is 11.0. The van der Waals surface area contributed by atoms with Crippen LogP contribution >= 0.6 is 0 Å². The molecule has 1 saturated heterocycles. The molecule has 0 aromatic heterocycles. The number of rotatable bonds is 4. The van der Waals surface area contributed by atoms with Crippen molar-refractivity contribution < 1.29 is 5.11 Å². The molecule has 3 nitrogen and oxygen atoms in total. The van der Waals surface area contributed by atoms with E-state index in [1.807, 2.05) is 7.05 Å². The minimum Gasteiger partial charge on any atom is -0.390 e. The summed E-state index contributed by atoms with van der Waals surface area (Å²) in [4.78, 5) is 2.36. The lowest BCUT2D eigenvalue weighted by atomic mass is 10.0. The maximum atomic E-state index is 9.58. The van der Waals surface area contributed by atoms with Gasteiger partial charge in [0, 0.05) is 26.2 Å². The summed E-state index contributed by atoms with van der Waals surface area (Å²) >= 11 is 0. The normalized spacial score (nSPS) is 32.3. The van der Waals surface area contributed by atoms with Crippen LogP contribution in [0.15, 0.2) is 0 Å². The third-order valence-corrected chi connectivity index (χ3v) is 2.97. The van der Waals surface area contributed by atoms with Crippen molar-refractivity contribution in [2.75, 3.05) is 33.2 Å². The van der Waals surface area contributed by atoms with Gasteiger partial charge in [-0.1, -0.05) is 13.8 Å². The lowest BCUT2D eigenvalue weighted by Gasteiger charge is -2.19. The average molecular weight is 186 g/mol. The van der Waals surface area contributed by atoms with Crippen molar-refractivity contribution in [1.29, 1.82) is 0 Å². The van der Waals surface area contributed by atoms with Crippen LogP contribution in [0.3, 0.4) is 0 Å². The van der Waals surface area contributed by atoms with Crippen LogP contribution in [0.5, 0.6) is 0 Å². The highest BCUT2D eigenvalue weighted by Gasteiger charge is 2.26. The van der Waals surface area contributed by atoms with Gasteiger partial charge in [-0.15, -0.1) is 0 Å². The fourth-order valence-electron chi connectivity index (χ4n) is 2.00. The van der Waals surface area contributed by atoms with Gasteiger partial charge in [0.15, 0.2) is 0 Å². The van der Waals surface area contributed by atoms with Crippen LogP contribution < -0.4 is 5.32 Å². The molecule has 2 N–H and O–H groups in total. The molecule has 1 rings (SSSR count). The molecular weight excluding hydrogens is 164 g/mol. The first-order valence-corrected chi connectivity index (χ1v) is 5.18.